The van der Waals surface area contributed by atoms with Gasteiger partial charge in [0.25, 0.3) is 0 Å². The molecule has 1 saturated carbocycles. The number of hydrogen-bond acceptors (Lipinski definition) is 6. The molecule has 152 valence electrons. The van der Waals surface area contributed by atoms with Crippen LogP contribution in [0.25, 0.3) is 0 Å². The standard InChI is InChI=1S/C20H36O4S2/c1-4-5-8-13-20(2,23)15-26-17-12-11-16(21)19(17)25-14-9-6-7-10-18(22)24-3/h17,19,23H,4-15H2,1-3H3/t17-,19-,20?/m0/s1. The fraction of sp³-hybridized carbons (Fsp3) is 0.900. The Bertz CT molecular complexity index is 426. The number of esters is 1. The average molecular weight is 405 g/mol. The second-order valence-electron chi connectivity index (χ2n) is 7.49. The second kappa shape index (κ2) is 13.1. The average Bonchev–Trinajstić information content (AvgIpc) is 2.96. The number of thioether (sulfide) groups is 2. The highest BCUT2D eigenvalue weighted by Crippen LogP contribution is 2.37. The zero-order valence-corrected chi connectivity index (χ0v) is 18.3. The third-order valence-corrected chi connectivity index (χ3v) is 8.18. The summed E-state index contributed by atoms with van der Waals surface area (Å²) in [5, 5.41) is 11.0. The number of carbonyl (C=O) groups is 2. The Morgan fingerprint density at radius 1 is 1.23 bits per heavy atom. The summed E-state index contributed by atoms with van der Waals surface area (Å²) in [5.74, 6) is 1.89. The van der Waals surface area contributed by atoms with Crippen molar-refractivity contribution in [2.75, 3.05) is 18.6 Å². The number of carbonyl (C=O) groups excluding carboxylic acids is 2. The molecule has 6 heteroatoms. The molecule has 1 fully saturated rings. The van der Waals surface area contributed by atoms with Gasteiger partial charge in [-0.3, -0.25) is 9.59 Å². The number of ether oxygens (including phenoxy) is 1. The molecule has 0 bridgehead atoms. The number of Topliss-reactive ketones (excluding diaryl/α,β-unsaturated/α-hetero) is 1. The lowest BCUT2D eigenvalue weighted by Gasteiger charge is -2.26. The SMILES string of the molecule is CCCCCC(C)(O)CS[C@H]1CCC(=O)[C@@H]1SCCCCCC(=O)OC. The third-order valence-electron chi connectivity index (χ3n) is 4.81. The zero-order chi connectivity index (χ0) is 19.4. The monoisotopic (exact) mass is 404 g/mol. The fourth-order valence-corrected chi connectivity index (χ4v) is 6.21. The smallest absolute Gasteiger partial charge is 0.305 e. The first-order valence-corrected chi connectivity index (χ1v) is 12.0. The first-order valence-electron chi connectivity index (χ1n) is 9.94. The predicted molar refractivity (Wildman–Crippen MR) is 112 cm³/mol. The van der Waals surface area contributed by atoms with Crippen LogP contribution in [-0.2, 0) is 14.3 Å². The van der Waals surface area contributed by atoms with E-state index in [2.05, 4.69) is 11.7 Å². The van der Waals surface area contributed by atoms with E-state index in [0.29, 0.717) is 29.6 Å². The van der Waals surface area contributed by atoms with Gasteiger partial charge < -0.3 is 9.84 Å². The summed E-state index contributed by atoms with van der Waals surface area (Å²) < 4.78 is 4.64. The molecule has 0 aromatic carbocycles. The van der Waals surface area contributed by atoms with Gasteiger partial charge in [0, 0.05) is 23.8 Å². The summed E-state index contributed by atoms with van der Waals surface area (Å²) in [5.41, 5.74) is -0.630. The Morgan fingerprint density at radius 2 is 2.00 bits per heavy atom. The van der Waals surface area contributed by atoms with Crippen LogP contribution in [0.5, 0.6) is 0 Å². The molecule has 0 aliphatic heterocycles. The van der Waals surface area contributed by atoms with Gasteiger partial charge in [0.1, 0.15) is 5.78 Å². The molecule has 3 atom stereocenters. The summed E-state index contributed by atoms with van der Waals surface area (Å²) in [7, 11) is 1.42. The lowest BCUT2D eigenvalue weighted by Crippen LogP contribution is -2.30. The summed E-state index contributed by atoms with van der Waals surface area (Å²) in [6.45, 7) is 4.10. The minimum atomic E-state index is -0.630. The summed E-state index contributed by atoms with van der Waals surface area (Å²) in [6.07, 6.45) is 9.20. The molecular weight excluding hydrogens is 368 g/mol. The summed E-state index contributed by atoms with van der Waals surface area (Å²) in [4.78, 5) is 23.3. The Kier molecular flexibility index (Phi) is 12.0. The van der Waals surface area contributed by atoms with Gasteiger partial charge in [-0.2, -0.15) is 11.8 Å². The molecule has 1 aliphatic rings. The minimum Gasteiger partial charge on any atom is -0.469 e. The molecular formula is C20H36O4S2. The molecule has 0 saturated heterocycles. The van der Waals surface area contributed by atoms with Crippen LogP contribution in [0.4, 0.5) is 0 Å². The van der Waals surface area contributed by atoms with Crippen molar-refractivity contribution < 1.29 is 19.4 Å². The molecule has 0 heterocycles. The number of ketones is 1. The van der Waals surface area contributed by atoms with Crippen LogP contribution in [0, 0.1) is 0 Å². The van der Waals surface area contributed by atoms with Crippen LogP contribution in [0.3, 0.4) is 0 Å². The van der Waals surface area contributed by atoms with Crippen LogP contribution in [0.1, 0.15) is 78.1 Å². The van der Waals surface area contributed by atoms with Crippen molar-refractivity contribution in [1.29, 1.82) is 0 Å². The Labute approximate surface area is 167 Å². The van der Waals surface area contributed by atoms with Crippen LogP contribution in [0.2, 0.25) is 0 Å². The second-order valence-corrected chi connectivity index (χ2v) is 9.96. The van der Waals surface area contributed by atoms with Crippen molar-refractivity contribution in [1.82, 2.24) is 0 Å². The Hall–Kier alpha value is -0.200. The number of hydrogen-bond donors (Lipinski definition) is 1. The maximum absolute atomic E-state index is 12.2. The molecule has 0 radical (unpaired) electrons. The van der Waals surface area contributed by atoms with Gasteiger partial charge in [0.2, 0.25) is 0 Å². The highest BCUT2D eigenvalue weighted by molar-refractivity contribution is 8.04. The number of rotatable bonds is 14. The number of methoxy groups -OCH3 is 1. The van der Waals surface area contributed by atoms with Gasteiger partial charge >= 0.3 is 5.97 Å². The maximum atomic E-state index is 12.2. The molecule has 26 heavy (non-hydrogen) atoms. The van der Waals surface area contributed by atoms with Crippen molar-refractivity contribution >= 4 is 35.3 Å². The van der Waals surface area contributed by atoms with E-state index in [4.69, 9.17) is 0 Å². The van der Waals surface area contributed by atoms with Gasteiger partial charge in [-0.1, -0.05) is 32.6 Å². The normalized spacial score (nSPS) is 22.4. The lowest BCUT2D eigenvalue weighted by molar-refractivity contribution is -0.140. The number of aliphatic hydroxyl groups is 1. The molecule has 1 rings (SSSR count). The minimum absolute atomic E-state index is 0.0760. The van der Waals surface area contributed by atoms with Gasteiger partial charge in [0.15, 0.2) is 0 Å². The van der Waals surface area contributed by atoms with E-state index in [9.17, 15) is 14.7 Å². The Balaban J connectivity index is 2.26. The van der Waals surface area contributed by atoms with E-state index in [1.54, 1.807) is 23.5 Å². The van der Waals surface area contributed by atoms with E-state index in [1.807, 2.05) is 6.92 Å². The predicted octanol–water partition coefficient (Wildman–Crippen LogP) is 4.62. The van der Waals surface area contributed by atoms with Crippen molar-refractivity contribution in [2.45, 2.75) is 94.2 Å². The molecule has 0 aromatic rings. The van der Waals surface area contributed by atoms with Crippen LogP contribution < -0.4 is 0 Å². The zero-order valence-electron chi connectivity index (χ0n) is 16.6. The maximum Gasteiger partial charge on any atom is 0.305 e. The van der Waals surface area contributed by atoms with Crippen LogP contribution in [-0.4, -0.2) is 51.6 Å². The van der Waals surface area contributed by atoms with Gasteiger partial charge in [-0.05, 0) is 38.4 Å². The quantitative estimate of drug-likeness (QED) is 0.337. The van der Waals surface area contributed by atoms with Crippen molar-refractivity contribution in [3.05, 3.63) is 0 Å². The topological polar surface area (TPSA) is 63.6 Å². The lowest BCUT2D eigenvalue weighted by atomic mass is 10.0. The summed E-state index contributed by atoms with van der Waals surface area (Å²) >= 11 is 3.55. The molecule has 4 nitrogen and oxygen atoms in total. The molecule has 1 aliphatic carbocycles. The van der Waals surface area contributed by atoms with E-state index in [0.717, 1.165) is 50.7 Å². The van der Waals surface area contributed by atoms with E-state index in [-0.39, 0.29) is 11.2 Å². The first-order chi connectivity index (χ1) is 12.4. The summed E-state index contributed by atoms with van der Waals surface area (Å²) in [6, 6.07) is 0. The van der Waals surface area contributed by atoms with Crippen molar-refractivity contribution in [3.8, 4) is 0 Å². The van der Waals surface area contributed by atoms with Crippen LogP contribution >= 0.6 is 23.5 Å². The molecule has 0 amide bonds. The Morgan fingerprint density at radius 3 is 2.69 bits per heavy atom. The van der Waals surface area contributed by atoms with Crippen molar-refractivity contribution in [2.24, 2.45) is 0 Å². The fourth-order valence-electron chi connectivity index (χ4n) is 3.13. The van der Waals surface area contributed by atoms with Gasteiger partial charge in [0.05, 0.1) is 18.0 Å². The number of unbranched alkanes of at least 4 members (excludes halogenated alkanes) is 4. The largest absolute Gasteiger partial charge is 0.469 e. The van der Waals surface area contributed by atoms with E-state index >= 15 is 0 Å². The molecule has 1 unspecified atom stereocenters. The van der Waals surface area contributed by atoms with Crippen LogP contribution in [0.15, 0.2) is 0 Å². The van der Waals surface area contributed by atoms with Gasteiger partial charge in [-0.15, -0.1) is 11.8 Å². The molecule has 0 aromatic heterocycles. The molecule has 1 N–H and O–H groups in total. The van der Waals surface area contributed by atoms with Crippen molar-refractivity contribution in [3.63, 3.8) is 0 Å². The third kappa shape index (κ3) is 9.65. The highest BCUT2D eigenvalue weighted by Gasteiger charge is 2.36. The van der Waals surface area contributed by atoms with E-state index in [1.165, 1.54) is 13.5 Å². The highest BCUT2D eigenvalue weighted by atomic mass is 32.2. The van der Waals surface area contributed by atoms with Gasteiger partial charge in [-0.25, -0.2) is 0 Å². The molecule has 0 spiro atoms. The first kappa shape index (κ1) is 23.8. The van der Waals surface area contributed by atoms with E-state index < -0.39 is 5.60 Å².